The van der Waals surface area contributed by atoms with E-state index in [1.165, 1.54) is 0 Å². The number of pyridine rings is 1. The van der Waals surface area contributed by atoms with E-state index in [0.717, 1.165) is 5.69 Å². The highest BCUT2D eigenvalue weighted by molar-refractivity contribution is 6.01. The molecule has 0 atom stereocenters. The Bertz CT molecular complexity index is 466. The Hall–Kier alpha value is -2.31. The first kappa shape index (κ1) is 9.25. The standard InChI is InChI=1S/C8H8N6O/c1-5-4-6(2-3-9-5)10-8(15)7-11-13-14-12-7/h2-4H,1H3,(H,9,10,15)(H,11,12,13,14). The predicted molar refractivity (Wildman–Crippen MR) is 51.1 cm³/mol. The van der Waals surface area contributed by atoms with Crippen LogP contribution in [0.5, 0.6) is 0 Å². The zero-order valence-electron chi connectivity index (χ0n) is 7.93. The van der Waals surface area contributed by atoms with Gasteiger partial charge in [0.2, 0.25) is 0 Å². The molecule has 0 aliphatic rings. The van der Waals surface area contributed by atoms with Crippen LogP contribution in [0.2, 0.25) is 0 Å². The molecule has 0 saturated heterocycles. The van der Waals surface area contributed by atoms with Crippen LogP contribution in [0.4, 0.5) is 5.69 Å². The van der Waals surface area contributed by atoms with Crippen molar-refractivity contribution >= 4 is 11.6 Å². The molecule has 0 radical (unpaired) electrons. The van der Waals surface area contributed by atoms with Gasteiger partial charge in [0, 0.05) is 17.6 Å². The molecule has 2 heterocycles. The molecular weight excluding hydrogens is 196 g/mol. The van der Waals surface area contributed by atoms with Gasteiger partial charge < -0.3 is 5.32 Å². The van der Waals surface area contributed by atoms with Crippen molar-refractivity contribution in [3.05, 3.63) is 29.8 Å². The lowest BCUT2D eigenvalue weighted by molar-refractivity contribution is 0.101. The second-order valence-corrected chi connectivity index (χ2v) is 2.88. The van der Waals surface area contributed by atoms with Crippen LogP contribution in [0.15, 0.2) is 18.3 Å². The molecule has 2 N–H and O–H groups in total. The maximum atomic E-state index is 11.5. The topological polar surface area (TPSA) is 96.5 Å². The summed E-state index contributed by atoms with van der Waals surface area (Å²) in [6, 6.07) is 3.43. The summed E-state index contributed by atoms with van der Waals surface area (Å²) in [6.45, 7) is 1.84. The average Bonchev–Trinajstić information content (AvgIpc) is 2.70. The minimum atomic E-state index is -0.408. The van der Waals surface area contributed by atoms with E-state index in [-0.39, 0.29) is 5.82 Å². The Morgan fingerprint density at radius 1 is 1.53 bits per heavy atom. The van der Waals surface area contributed by atoms with E-state index in [2.05, 4.69) is 30.9 Å². The second kappa shape index (κ2) is 3.82. The van der Waals surface area contributed by atoms with E-state index in [9.17, 15) is 4.79 Å². The van der Waals surface area contributed by atoms with Gasteiger partial charge in [-0.05, 0) is 24.3 Å². The molecule has 0 unspecified atom stereocenters. The Labute approximate surface area is 84.9 Å². The van der Waals surface area contributed by atoms with E-state index in [0.29, 0.717) is 5.69 Å². The summed E-state index contributed by atoms with van der Waals surface area (Å²) in [5.41, 5.74) is 1.47. The summed E-state index contributed by atoms with van der Waals surface area (Å²) < 4.78 is 0. The van der Waals surface area contributed by atoms with Crippen LogP contribution in [0, 0.1) is 6.92 Å². The number of aromatic nitrogens is 5. The van der Waals surface area contributed by atoms with Gasteiger partial charge in [0.15, 0.2) is 0 Å². The fraction of sp³-hybridized carbons (Fsp3) is 0.125. The third-order valence-electron chi connectivity index (χ3n) is 1.70. The monoisotopic (exact) mass is 204 g/mol. The Morgan fingerprint density at radius 2 is 2.40 bits per heavy atom. The Kier molecular flexibility index (Phi) is 2.36. The number of amides is 1. The van der Waals surface area contributed by atoms with Gasteiger partial charge in [-0.1, -0.05) is 0 Å². The van der Waals surface area contributed by atoms with Crippen molar-refractivity contribution in [3.8, 4) is 0 Å². The summed E-state index contributed by atoms with van der Waals surface area (Å²) in [6.07, 6.45) is 1.61. The number of rotatable bonds is 2. The molecule has 0 aliphatic heterocycles. The molecule has 0 fully saturated rings. The normalized spacial score (nSPS) is 9.93. The molecule has 1 amide bonds. The molecular formula is C8H8N6O. The summed E-state index contributed by atoms with van der Waals surface area (Å²) in [5, 5.41) is 15.2. The molecule has 0 aromatic carbocycles. The van der Waals surface area contributed by atoms with Gasteiger partial charge in [-0.25, -0.2) is 0 Å². The van der Waals surface area contributed by atoms with Crippen molar-refractivity contribution in [2.75, 3.05) is 5.32 Å². The number of hydrogen-bond donors (Lipinski definition) is 2. The van der Waals surface area contributed by atoms with E-state index in [1.807, 2.05) is 6.92 Å². The lowest BCUT2D eigenvalue weighted by Crippen LogP contribution is -2.13. The van der Waals surface area contributed by atoms with Crippen molar-refractivity contribution < 1.29 is 4.79 Å². The summed E-state index contributed by atoms with van der Waals surface area (Å²) in [7, 11) is 0. The lowest BCUT2D eigenvalue weighted by Gasteiger charge is -2.01. The fourth-order valence-corrected chi connectivity index (χ4v) is 1.07. The molecule has 2 aromatic heterocycles. The summed E-state index contributed by atoms with van der Waals surface area (Å²) in [4.78, 5) is 15.5. The van der Waals surface area contributed by atoms with Gasteiger partial charge in [-0.2, -0.15) is 5.21 Å². The zero-order chi connectivity index (χ0) is 10.7. The minimum absolute atomic E-state index is 0.00413. The molecule has 0 aliphatic carbocycles. The third kappa shape index (κ3) is 2.13. The number of H-pyrrole nitrogens is 1. The number of aromatic amines is 1. The zero-order valence-corrected chi connectivity index (χ0v) is 7.93. The number of anilines is 1. The highest BCUT2D eigenvalue weighted by Crippen LogP contribution is 2.07. The lowest BCUT2D eigenvalue weighted by atomic mass is 10.3. The Morgan fingerprint density at radius 3 is 3.07 bits per heavy atom. The van der Waals surface area contributed by atoms with Gasteiger partial charge >= 0.3 is 0 Å². The van der Waals surface area contributed by atoms with E-state index in [4.69, 9.17) is 0 Å². The van der Waals surface area contributed by atoms with Gasteiger partial charge in [-0.15, -0.1) is 10.2 Å². The second-order valence-electron chi connectivity index (χ2n) is 2.88. The maximum Gasteiger partial charge on any atom is 0.297 e. The molecule has 76 valence electrons. The smallest absolute Gasteiger partial charge is 0.297 e. The van der Waals surface area contributed by atoms with Gasteiger partial charge in [0.25, 0.3) is 11.7 Å². The molecule has 0 bridgehead atoms. The number of aryl methyl sites for hydroxylation is 1. The van der Waals surface area contributed by atoms with Crippen molar-refractivity contribution in [2.45, 2.75) is 6.92 Å². The van der Waals surface area contributed by atoms with Crippen molar-refractivity contribution in [1.82, 2.24) is 25.6 Å². The summed E-state index contributed by atoms with van der Waals surface area (Å²) >= 11 is 0. The molecule has 7 nitrogen and oxygen atoms in total. The van der Waals surface area contributed by atoms with E-state index >= 15 is 0 Å². The Balaban J connectivity index is 2.13. The van der Waals surface area contributed by atoms with E-state index < -0.39 is 5.91 Å². The largest absolute Gasteiger partial charge is 0.319 e. The van der Waals surface area contributed by atoms with Crippen LogP contribution in [0.3, 0.4) is 0 Å². The van der Waals surface area contributed by atoms with E-state index in [1.54, 1.807) is 18.3 Å². The van der Waals surface area contributed by atoms with Crippen molar-refractivity contribution in [2.24, 2.45) is 0 Å². The van der Waals surface area contributed by atoms with Crippen LogP contribution >= 0.6 is 0 Å². The molecule has 0 spiro atoms. The number of nitrogens with one attached hydrogen (secondary N) is 2. The van der Waals surface area contributed by atoms with Gasteiger partial charge in [0.1, 0.15) is 0 Å². The third-order valence-corrected chi connectivity index (χ3v) is 1.70. The van der Waals surface area contributed by atoms with Crippen LogP contribution in [-0.4, -0.2) is 31.5 Å². The van der Waals surface area contributed by atoms with Crippen molar-refractivity contribution in [3.63, 3.8) is 0 Å². The van der Waals surface area contributed by atoms with Crippen molar-refractivity contribution in [1.29, 1.82) is 0 Å². The summed E-state index contributed by atoms with van der Waals surface area (Å²) in [5.74, 6) is -0.404. The highest BCUT2D eigenvalue weighted by atomic mass is 16.2. The molecule has 2 rings (SSSR count). The minimum Gasteiger partial charge on any atom is -0.319 e. The molecule has 7 heteroatoms. The van der Waals surface area contributed by atoms with Crippen LogP contribution in [0.25, 0.3) is 0 Å². The number of hydrogen-bond acceptors (Lipinski definition) is 5. The highest BCUT2D eigenvalue weighted by Gasteiger charge is 2.10. The molecule has 2 aromatic rings. The molecule has 0 saturated carbocycles. The van der Waals surface area contributed by atoms with Crippen LogP contribution in [-0.2, 0) is 0 Å². The maximum absolute atomic E-state index is 11.5. The number of carbonyl (C=O) groups excluding carboxylic acids is 1. The number of nitrogens with zero attached hydrogens (tertiary/aromatic N) is 4. The first-order valence-electron chi connectivity index (χ1n) is 4.23. The average molecular weight is 204 g/mol. The van der Waals surface area contributed by atoms with Crippen LogP contribution in [0.1, 0.15) is 16.3 Å². The van der Waals surface area contributed by atoms with Gasteiger partial charge in [0.05, 0.1) is 0 Å². The van der Waals surface area contributed by atoms with Gasteiger partial charge in [-0.3, -0.25) is 9.78 Å². The number of tetrazole rings is 1. The predicted octanol–water partition coefficient (Wildman–Crippen LogP) is 0.155. The first-order valence-corrected chi connectivity index (χ1v) is 4.23. The SMILES string of the molecule is Cc1cc(NC(=O)c2nn[nH]n2)ccn1. The quantitative estimate of drug-likeness (QED) is 0.726. The molecule has 15 heavy (non-hydrogen) atoms. The number of carbonyl (C=O) groups is 1. The van der Waals surface area contributed by atoms with Crippen LogP contribution < -0.4 is 5.32 Å². The fourth-order valence-electron chi connectivity index (χ4n) is 1.07. The first-order chi connectivity index (χ1) is 7.25.